The third-order valence-corrected chi connectivity index (χ3v) is 4.29. The number of nitrogens with one attached hydrogen (secondary N) is 1. The summed E-state index contributed by atoms with van der Waals surface area (Å²) in [6.45, 7) is 1.96. The van der Waals surface area contributed by atoms with Gasteiger partial charge in [-0.05, 0) is 37.2 Å². The van der Waals surface area contributed by atoms with Gasteiger partial charge in [0.2, 0.25) is 15.9 Å². The van der Waals surface area contributed by atoms with Crippen molar-refractivity contribution in [2.45, 2.75) is 19.1 Å². The highest BCUT2D eigenvalue weighted by atomic mass is 32.2. The van der Waals surface area contributed by atoms with Crippen molar-refractivity contribution in [3.8, 4) is 5.75 Å². The van der Waals surface area contributed by atoms with Crippen LogP contribution in [0.3, 0.4) is 0 Å². The molecule has 0 aliphatic rings. The SMILES string of the molecule is CNS(=O)(=O)Cc1noc(Cc2ccc(OC)cc2C)n1. The van der Waals surface area contributed by atoms with E-state index in [0.717, 1.165) is 16.9 Å². The van der Waals surface area contributed by atoms with Crippen LogP contribution in [0.1, 0.15) is 22.8 Å². The normalized spacial score (nSPS) is 11.6. The van der Waals surface area contributed by atoms with Gasteiger partial charge in [-0.15, -0.1) is 0 Å². The number of aryl methyl sites for hydroxylation is 1. The molecule has 0 amide bonds. The summed E-state index contributed by atoms with van der Waals surface area (Å²) in [5.74, 6) is 1.01. The van der Waals surface area contributed by atoms with Crippen molar-refractivity contribution in [2.24, 2.45) is 0 Å². The molecule has 1 aromatic carbocycles. The van der Waals surface area contributed by atoms with Crippen LogP contribution in [0.25, 0.3) is 0 Å². The molecule has 0 radical (unpaired) electrons. The Labute approximate surface area is 123 Å². The van der Waals surface area contributed by atoms with E-state index in [0.29, 0.717) is 12.3 Å². The number of aromatic nitrogens is 2. The molecule has 1 N–H and O–H groups in total. The van der Waals surface area contributed by atoms with Gasteiger partial charge in [-0.25, -0.2) is 13.1 Å². The van der Waals surface area contributed by atoms with Crippen LogP contribution in [0.15, 0.2) is 22.7 Å². The van der Waals surface area contributed by atoms with Crippen molar-refractivity contribution >= 4 is 10.0 Å². The topological polar surface area (TPSA) is 94.3 Å². The molecular formula is C13H17N3O4S. The molecule has 0 bridgehead atoms. The van der Waals surface area contributed by atoms with Gasteiger partial charge in [0, 0.05) is 0 Å². The number of methoxy groups -OCH3 is 1. The summed E-state index contributed by atoms with van der Waals surface area (Å²) in [6.07, 6.45) is 0.447. The smallest absolute Gasteiger partial charge is 0.231 e. The van der Waals surface area contributed by atoms with Gasteiger partial charge in [0.05, 0.1) is 13.5 Å². The molecule has 2 rings (SSSR count). The lowest BCUT2D eigenvalue weighted by atomic mass is 10.1. The number of ether oxygens (including phenoxy) is 1. The average Bonchev–Trinajstić information content (AvgIpc) is 2.87. The first-order valence-corrected chi connectivity index (χ1v) is 7.95. The lowest BCUT2D eigenvalue weighted by Crippen LogP contribution is -2.20. The highest BCUT2D eigenvalue weighted by Gasteiger charge is 2.15. The zero-order valence-electron chi connectivity index (χ0n) is 12.1. The van der Waals surface area contributed by atoms with Crippen molar-refractivity contribution < 1.29 is 17.7 Å². The molecule has 8 heteroatoms. The second-order valence-electron chi connectivity index (χ2n) is 4.54. The first kappa shape index (κ1) is 15.5. The largest absolute Gasteiger partial charge is 0.497 e. The highest BCUT2D eigenvalue weighted by molar-refractivity contribution is 7.88. The highest BCUT2D eigenvalue weighted by Crippen LogP contribution is 2.19. The predicted octanol–water partition coefficient (Wildman–Crippen LogP) is 1.03. The fourth-order valence-corrected chi connectivity index (χ4v) is 2.42. The van der Waals surface area contributed by atoms with Gasteiger partial charge < -0.3 is 9.26 Å². The fourth-order valence-electron chi connectivity index (χ4n) is 1.82. The van der Waals surface area contributed by atoms with Crippen molar-refractivity contribution in [1.82, 2.24) is 14.9 Å². The minimum Gasteiger partial charge on any atom is -0.497 e. The lowest BCUT2D eigenvalue weighted by Gasteiger charge is -2.05. The molecule has 0 fully saturated rings. The van der Waals surface area contributed by atoms with Gasteiger partial charge in [0.25, 0.3) is 0 Å². The van der Waals surface area contributed by atoms with Crippen LogP contribution in [0.2, 0.25) is 0 Å². The van der Waals surface area contributed by atoms with E-state index in [1.807, 2.05) is 25.1 Å². The quantitative estimate of drug-likeness (QED) is 0.856. The van der Waals surface area contributed by atoms with Crippen LogP contribution in [0.4, 0.5) is 0 Å². The average molecular weight is 311 g/mol. The second-order valence-corrected chi connectivity index (χ2v) is 6.46. The number of hydrogen-bond donors (Lipinski definition) is 1. The van der Waals surface area contributed by atoms with Crippen LogP contribution in [0, 0.1) is 6.92 Å². The number of nitrogens with zero attached hydrogens (tertiary/aromatic N) is 2. The Hall–Kier alpha value is -1.93. The van der Waals surface area contributed by atoms with E-state index in [-0.39, 0.29) is 11.6 Å². The summed E-state index contributed by atoms with van der Waals surface area (Å²) in [7, 11) is -0.444. The minimum atomic E-state index is -3.40. The summed E-state index contributed by atoms with van der Waals surface area (Å²) >= 11 is 0. The third kappa shape index (κ3) is 4.02. The van der Waals surface area contributed by atoms with Gasteiger partial charge in [0.15, 0.2) is 5.82 Å². The molecule has 0 aliphatic carbocycles. The fraction of sp³-hybridized carbons (Fsp3) is 0.385. The van der Waals surface area contributed by atoms with Gasteiger partial charge in [-0.3, -0.25) is 0 Å². The van der Waals surface area contributed by atoms with Crippen LogP contribution >= 0.6 is 0 Å². The molecule has 0 aliphatic heterocycles. The molecule has 1 aromatic heterocycles. The van der Waals surface area contributed by atoms with Gasteiger partial charge >= 0.3 is 0 Å². The molecule has 114 valence electrons. The maximum absolute atomic E-state index is 11.4. The Kier molecular flexibility index (Phi) is 4.59. The van der Waals surface area contributed by atoms with E-state index in [4.69, 9.17) is 9.26 Å². The first-order valence-electron chi connectivity index (χ1n) is 6.29. The lowest BCUT2D eigenvalue weighted by molar-refractivity contribution is 0.380. The third-order valence-electron chi connectivity index (χ3n) is 3.03. The zero-order chi connectivity index (χ0) is 15.5. The molecule has 2 aromatic rings. The zero-order valence-corrected chi connectivity index (χ0v) is 12.9. The summed E-state index contributed by atoms with van der Waals surface area (Å²) in [6, 6.07) is 5.69. The number of rotatable bonds is 6. The van der Waals surface area contributed by atoms with E-state index in [1.165, 1.54) is 7.05 Å². The maximum Gasteiger partial charge on any atom is 0.231 e. The minimum absolute atomic E-state index is 0.144. The molecular weight excluding hydrogens is 294 g/mol. The summed E-state index contributed by atoms with van der Waals surface area (Å²) < 4.78 is 35.3. The van der Waals surface area contributed by atoms with Gasteiger partial charge in [-0.2, -0.15) is 4.98 Å². The first-order chi connectivity index (χ1) is 9.93. The summed E-state index contributed by atoms with van der Waals surface area (Å²) in [5, 5.41) is 3.68. The van der Waals surface area contributed by atoms with Gasteiger partial charge in [0.1, 0.15) is 11.5 Å². The van der Waals surface area contributed by atoms with E-state index in [1.54, 1.807) is 7.11 Å². The Balaban J connectivity index is 2.13. The van der Waals surface area contributed by atoms with Crippen molar-refractivity contribution in [3.05, 3.63) is 41.0 Å². The van der Waals surface area contributed by atoms with Gasteiger partial charge in [-0.1, -0.05) is 11.2 Å². The van der Waals surface area contributed by atoms with Crippen LogP contribution < -0.4 is 9.46 Å². The van der Waals surface area contributed by atoms with Crippen molar-refractivity contribution in [2.75, 3.05) is 14.2 Å². The molecule has 0 saturated carbocycles. The number of sulfonamides is 1. The van der Waals surface area contributed by atoms with Crippen LogP contribution in [0.5, 0.6) is 5.75 Å². The summed E-state index contributed by atoms with van der Waals surface area (Å²) in [4.78, 5) is 4.09. The molecule has 1 heterocycles. The molecule has 0 atom stereocenters. The molecule has 0 spiro atoms. The maximum atomic E-state index is 11.4. The molecule has 0 saturated heterocycles. The monoisotopic (exact) mass is 311 g/mol. The Morgan fingerprint density at radius 2 is 2.14 bits per heavy atom. The Morgan fingerprint density at radius 1 is 1.38 bits per heavy atom. The van der Waals surface area contributed by atoms with E-state index in [9.17, 15) is 8.42 Å². The van der Waals surface area contributed by atoms with E-state index >= 15 is 0 Å². The second kappa shape index (κ2) is 6.23. The Morgan fingerprint density at radius 3 is 2.76 bits per heavy atom. The molecule has 0 unspecified atom stereocenters. The van der Waals surface area contributed by atoms with Crippen LogP contribution in [-0.4, -0.2) is 32.7 Å². The van der Waals surface area contributed by atoms with E-state index < -0.39 is 10.0 Å². The summed E-state index contributed by atoms with van der Waals surface area (Å²) in [5.41, 5.74) is 2.06. The number of benzene rings is 1. The van der Waals surface area contributed by atoms with Crippen LogP contribution in [-0.2, 0) is 22.2 Å². The van der Waals surface area contributed by atoms with Crippen molar-refractivity contribution in [1.29, 1.82) is 0 Å². The number of hydrogen-bond acceptors (Lipinski definition) is 6. The van der Waals surface area contributed by atoms with E-state index in [2.05, 4.69) is 14.9 Å². The Bertz CT molecular complexity index is 725. The van der Waals surface area contributed by atoms with Crippen molar-refractivity contribution in [3.63, 3.8) is 0 Å². The molecule has 7 nitrogen and oxygen atoms in total. The predicted molar refractivity (Wildman–Crippen MR) is 76.5 cm³/mol. The standard InChI is InChI=1S/C13H17N3O4S/c1-9-6-11(19-3)5-4-10(9)7-13-15-12(16-20-13)8-21(17,18)14-2/h4-6,14H,7-8H2,1-3H3. The molecule has 21 heavy (non-hydrogen) atoms.